The van der Waals surface area contributed by atoms with Crippen LogP contribution in [0.1, 0.15) is 53.5 Å². The Morgan fingerprint density at radius 3 is 2.44 bits per heavy atom. The first-order chi connectivity index (χ1) is 17.5. The normalized spacial score (nSPS) is 14.6. The number of hydrogen-bond donors (Lipinski definition) is 0. The third-order valence-electron chi connectivity index (χ3n) is 7.23. The number of carbonyl (C=O) groups excluding carboxylic acids is 1. The van der Waals surface area contributed by atoms with Crippen LogP contribution in [-0.4, -0.2) is 34.7 Å². The van der Waals surface area contributed by atoms with Gasteiger partial charge >= 0.3 is 5.97 Å². The van der Waals surface area contributed by atoms with E-state index in [1.54, 1.807) is 18.3 Å². The van der Waals surface area contributed by atoms with Gasteiger partial charge in [0.25, 0.3) is 5.56 Å². The topological polar surface area (TPSA) is 77.3 Å². The molecule has 0 radical (unpaired) electrons. The molecule has 4 aromatic rings. The summed E-state index contributed by atoms with van der Waals surface area (Å²) >= 11 is 0. The first-order valence-corrected chi connectivity index (χ1v) is 12.3. The number of rotatable bonds is 6. The minimum atomic E-state index is -0.384. The Morgan fingerprint density at radius 1 is 1.08 bits per heavy atom. The van der Waals surface area contributed by atoms with E-state index in [1.807, 2.05) is 59.8 Å². The zero-order valence-electron chi connectivity index (χ0n) is 20.8. The highest BCUT2D eigenvalue weighted by atomic mass is 16.5. The summed E-state index contributed by atoms with van der Waals surface area (Å²) in [6.07, 6.45) is 6.26. The average molecular weight is 483 g/mol. The molecule has 7 heteroatoms. The van der Waals surface area contributed by atoms with Gasteiger partial charge in [-0.3, -0.25) is 9.36 Å². The highest BCUT2D eigenvalue weighted by Crippen LogP contribution is 2.38. The molecule has 36 heavy (non-hydrogen) atoms. The van der Waals surface area contributed by atoms with E-state index in [0.717, 1.165) is 24.1 Å². The summed E-state index contributed by atoms with van der Waals surface area (Å²) in [5, 5.41) is 0.544. The number of anilines is 2. The van der Waals surface area contributed by atoms with Gasteiger partial charge < -0.3 is 9.64 Å². The summed E-state index contributed by atoms with van der Waals surface area (Å²) < 4.78 is 6.67. The molecular weight excluding hydrogens is 452 g/mol. The van der Waals surface area contributed by atoms with E-state index in [1.165, 1.54) is 20.0 Å². The van der Waals surface area contributed by atoms with Gasteiger partial charge in [0.2, 0.25) is 0 Å². The number of aromatic nitrogens is 3. The van der Waals surface area contributed by atoms with Gasteiger partial charge in [-0.1, -0.05) is 43.2 Å². The third-order valence-corrected chi connectivity index (χ3v) is 7.23. The maximum atomic E-state index is 14.0. The maximum absolute atomic E-state index is 14.0. The van der Waals surface area contributed by atoms with Crippen LogP contribution in [0.3, 0.4) is 0 Å². The monoisotopic (exact) mass is 482 g/mol. The van der Waals surface area contributed by atoms with Crippen LogP contribution in [-0.2, 0) is 4.74 Å². The average Bonchev–Trinajstić information content (AvgIpc) is 3.45. The largest absolute Gasteiger partial charge is 0.465 e. The fourth-order valence-electron chi connectivity index (χ4n) is 5.34. The van der Waals surface area contributed by atoms with Gasteiger partial charge in [0, 0.05) is 12.7 Å². The summed E-state index contributed by atoms with van der Waals surface area (Å²) in [5.41, 5.74) is 3.00. The van der Waals surface area contributed by atoms with Gasteiger partial charge in [0.05, 0.1) is 35.8 Å². The molecule has 2 aromatic carbocycles. The zero-order chi connectivity index (χ0) is 25.2. The fraction of sp³-hybridized carbons (Fsp3) is 0.310. The smallest absolute Gasteiger partial charge is 0.337 e. The minimum absolute atomic E-state index is 0.0432. The zero-order valence-corrected chi connectivity index (χ0v) is 20.8. The quantitative estimate of drug-likeness (QED) is 0.341. The Bertz CT molecular complexity index is 1440. The molecule has 1 aliphatic rings. The van der Waals surface area contributed by atoms with Crippen molar-refractivity contribution in [2.45, 2.75) is 38.6 Å². The predicted molar refractivity (Wildman–Crippen MR) is 141 cm³/mol. The summed E-state index contributed by atoms with van der Waals surface area (Å²) in [6, 6.07) is 19.2. The number of nitrogens with zero attached hydrogens (tertiary/aromatic N) is 4. The summed E-state index contributed by atoms with van der Waals surface area (Å²) in [6.45, 7) is 1.91. The highest BCUT2D eigenvalue weighted by molar-refractivity contribution is 5.90. The molecule has 1 fully saturated rings. The molecular formula is C29H30N4O3. The van der Waals surface area contributed by atoms with Crippen LogP contribution in [0.2, 0.25) is 0 Å². The molecule has 1 atom stereocenters. The number of carbonyl (C=O) groups is 1. The maximum Gasteiger partial charge on any atom is 0.337 e. The van der Waals surface area contributed by atoms with Crippen molar-refractivity contribution in [3.05, 3.63) is 94.2 Å². The third kappa shape index (κ3) is 4.37. The number of ether oxygens (including phenoxy) is 1. The van der Waals surface area contributed by atoms with Gasteiger partial charge in [-0.25, -0.2) is 14.8 Å². The van der Waals surface area contributed by atoms with E-state index in [0.29, 0.717) is 34.0 Å². The summed E-state index contributed by atoms with van der Waals surface area (Å²) in [7, 11) is 3.24. The lowest BCUT2D eigenvalue weighted by Crippen LogP contribution is -2.32. The molecule has 2 heterocycles. The number of esters is 1. The molecule has 1 aliphatic carbocycles. The fourth-order valence-corrected chi connectivity index (χ4v) is 5.34. The highest BCUT2D eigenvalue weighted by Gasteiger charge is 2.30. The van der Waals surface area contributed by atoms with E-state index in [9.17, 15) is 9.59 Å². The van der Waals surface area contributed by atoms with Crippen LogP contribution < -0.4 is 10.5 Å². The Kier molecular flexibility index (Phi) is 6.55. The van der Waals surface area contributed by atoms with Crippen molar-refractivity contribution in [1.29, 1.82) is 0 Å². The van der Waals surface area contributed by atoms with Crippen molar-refractivity contribution in [3.8, 4) is 0 Å². The van der Waals surface area contributed by atoms with Crippen LogP contribution in [0.15, 0.2) is 71.7 Å². The molecule has 184 valence electrons. The van der Waals surface area contributed by atoms with Gasteiger partial charge in [-0.2, -0.15) is 0 Å². The summed E-state index contributed by atoms with van der Waals surface area (Å²) in [4.78, 5) is 37.0. The molecule has 5 rings (SSSR count). The lowest BCUT2D eigenvalue weighted by atomic mass is 9.91. The van der Waals surface area contributed by atoms with Crippen LogP contribution in [0.5, 0.6) is 0 Å². The van der Waals surface area contributed by atoms with Crippen LogP contribution in [0, 0.1) is 12.8 Å². The molecule has 0 bridgehead atoms. The van der Waals surface area contributed by atoms with E-state index >= 15 is 0 Å². The van der Waals surface area contributed by atoms with Gasteiger partial charge in [0.1, 0.15) is 11.6 Å². The van der Waals surface area contributed by atoms with Crippen molar-refractivity contribution in [2.24, 2.45) is 5.92 Å². The number of fused-ring (bicyclic) bond motifs is 1. The van der Waals surface area contributed by atoms with Crippen molar-refractivity contribution in [2.75, 3.05) is 19.1 Å². The lowest BCUT2D eigenvalue weighted by Gasteiger charge is -2.28. The van der Waals surface area contributed by atoms with E-state index in [4.69, 9.17) is 9.72 Å². The Morgan fingerprint density at radius 2 is 1.78 bits per heavy atom. The number of pyridine rings is 1. The minimum Gasteiger partial charge on any atom is -0.465 e. The molecule has 7 nitrogen and oxygen atoms in total. The summed E-state index contributed by atoms with van der Waals surface area (Å²) in [5.74, 6) is 1.35. The van der Waals surface area contributed by atoms with Gasteiger partial charge in [-0.05, 0) is 61.6 Å². The molecule has 0 spiro atoms. The SMILES string of the molecule is COC(=O)c1ccc(N(C)c2cc3c(=O)n(C(c4ccccc4)C4CCCC4)c(C)nc3cn2)cc1. The first kappa shape index (κ1) is 23.7. The second-order valence-corrected chi connectivity index (χ2v) is 9.39. The molecule has 1 unspecified atom stereocenters. The molecule has 2 aromatic heterocycles. The molecule has 1 saturated carbocycles. The van der Waals surface area contributed by atoms with E-state index in [2.05, 4.69) is 17.1 Å². The van der Waals surface area contributed by atoms with Crippen LogP contribution >= 0.6 is 0 Å². The Labute approximate surface area is 210 Å². The van der Waals surface area contributed by atoms with Crippen LogP contribution in [0.25, 0.3) is 10.9 Å². The first-order valence-electron chi connectivity index (χ1n) is 12.3. The molecule has 0 aliphatic heterocycles. The predicted octanol–water partition coefficient (Wildman–Crippen LogP) is 5.43. The number of benzene rings is 2. The molecule has 0 amide bonds. The van der Waals surface area contributed by atoms with Crippen molar-refractivity contribution < 1.29 is 9.53 Å². The second-order valence-electron chi connectivity index (χ2n) is 9.39. The Balaban J connectivity index is 1.58. The number of aryl methyl sites for hydroxylation is 1. The molecule has 0 saturated heterocycles. The van der Waals surface area contributed by atoms with Crippen molar-refractivity contribution >= 4 is 28.4 Å². The number of hydrogen-bond acceptors (Lipinski definition) is 6. The van der Waals surface area contributed by atoms with E-state index in [-0.39, 0.29) is 17.6 Å². The van der Waals surface area contributed by atoms with Gasteiger partial charge in [0.15, 0.2) is 0 Å². The van der Waals surface area contributed by atoms with Crippen molar-refractivity contribution in [3.63, 3.8) is 0 Å². The lowest BCUT2D eigenvalue weighted by molar-refractivity contribution is 0.0600. The standard InChI is InChI=1S/C29H30N4O3/c1-19-31-25-18-30-26(32(2)23-15-13-22(14-16-23)29(35)36-3)17-24(25)28(34)33(19)27(21-11-7-8-12-21)20-9-5-4-6-10-20/h4-6,9-10,13-18,21,27H,7-8,11-12H2,1-3H3. The Hall–Kier alpha value is -4.00. The van der Waals surface area contributed by atoms with Gasteiger partial charge in [-0.15, -0.1) is 0 Å². The molecule has 0 N–H and O–H groups in total. The van der Waals surface area contributed by atoms with E-state index < -0.39 is 0 Å². The number of methoxy groups -OCH3 is 1. The van der Waals surface area contributed by atoms with Crippen LogP contribution in [0.4, 0.5) is 11.5 Å². The van der Waals surface area contributed by atoms with Crippen molar-refractivity contribution in [1.82, 2.24) is 14.5 Å². The second kappa shape index (κ2) is 9.93.